The van der Waals surface area contributed by atoms with Gasteiger partial charge in [0, 0.05) is 43.9 Å². The van der Waals surface area contributed by atoms with E-state index in [-0.39, 0.29) is 41.8 Å². The SMILES string of the molecule is C[C@@H](O[C@H]1CN2C(=O)CC(C(=O)N3CCC(C)(C)C3)C[C@H]2[C@@H]1c1ccc(F)cc1)c1cc(C(F)(F)F)cc(C(F)(F)F)c1. The molecular weight excluding hydrogens is 581 g/mol. The Balaban J connectivity index is 1.45. The van der Waals surface area contributed by atoms with Crippen LogP contribution in [0.3, 0.4) is 0 Å². The first-order valence-corrected chi connectivity index (χ1v) is 14.2. The number of hydrogen-bond acceptors (Lipinski definition) is 3. The molecule has 3 saturated heterocycles. The van der Waals surface area contributed by atoms with Crippen molar-refractivity contribution in [2.75, 3.05) is 19.6 Å². The van der Waals surface area contributed by atoms with Crippen LogP contribution in [-0.2, 0) is 26.7 Å². The molecule has 5 atom stereocenters. The second-order valence-corrected chi connectivity index (χ2v) is 12.7. The number of likely N-dealkylation sites (tertiary alicyclic amines) is 1. The molecule has 3 heterocycles. The molecule has 0 spiro atoms. The van der Waals surface area contributed by atoms with E-state index in [0.717, 1.165) is 6.42 Å². The summed E-state index contributed by atoms with van der Waals surface area (Å²) in [5.74, 6) is -2.07. The summed E-state index contributed by atoms with van der Waals surface area (Å²) < 4.78 is 101. The average molecular weight is 615 g/mol. The van der Waals surface area contributed by atoms with Crippen LogP contribution in [0.1, 0.15) is 74.3 Å². The van der Waals surface area contributed by atoms with Gasteiger partial charge in [-0.1, -0.05) is 26.0 Å². The molecule has 2 amide bonds. The quantitative estimate of drug-likeness (QED) is 0.342. The zero-order valence-corrected chi connectivity index (χ0v) is 23.9. The van der Waals surface area contributed by atoms with Gasteiger partial charge in [-0.25, -0.2) is 4.39 Å². The Morgan fingerprint density at radius 2 is 1.60 bits per heavy atom. The van der Waals surface area contributed by atoms with Gasteiger partial charge in [0.25, 0.3) is 0 Å². The predicted octanol–water partition coefficient (Wildman–Crippen LogP) is 6.97. The van der Waals surface area contributed by atoms with Gasteiger partial charge in [0.2, 0.25) is 11.8 Å². The monoisotopic (exact) mass is 614 g/mol. The highest BCUT2D eigenvalue weighted by atomic mass is 19.4. The van der Waals surface area contributed by atoms with Gasteiger partial charge in [-0.2, -0.15) is 26.3 Å². The Bertz CT molecular complexity index is 1340. The van der Waals surface area contributed by atoms with E-state index in [0.29, 0.717) is 37.2 Å². The number of amides is 2. The number of carbonyl (C=O) groups excluding carboxylic acids is 2. The van der Waals surface area contributed by atoms with Crippen molar-refractivity contribution in [3.63, 3.8) is 0 Å². The fraction of sp³-hybridized carbons (Fsp3) is 0.548. The van der Waals surface area contributed by atoms with Crippen LogP contribution in [0, 0.1) is 17.2 Å². The molecule has 12 heteroatoms. The van der Waals surface area contributed by atoms with Crippen molar-refractivity contribution in [2.24, 2.45) is 11.3 Å². The van der Waals surface area contributed by atoms with Crippen LogP contribution in [-0.4, -0.2) is 53.4 Å². The summed E-state index contributed by atoms with van der Waals surface area (Å²) in [6.45, 7) is 6.69. The van der Waals surface area contributed by atoms with Crippen LogP contribution >= 0.6 is 0 Å². The number of alkyl halides is 6. The second kappa shape index (κ2) is 11.1. The van der Waals surface area contributed by atoms with E-state index in [1.54, 1.807) is 9.80 Å². The number of carbonyl (C=O) groups is 2. The van der Waals surface area contributed by atoms with Gasteiger partial charge in [0.05, 0.1) is 23.3 Å². The first-order valence-electron chi connectivity index (χ1n) is 14.2. The third-order valence-corrected chi connectivity index (χ3v) is 8.91. The van der Waals surface area contributed by atoms with Crippen molar-refractivity contribution < 1.29 is 45.1 Å². The van der Waals surface area contributed by atoms with E-state index in [1.165, 1.54) is 31.2 Å². The number of rotatable bonds is 5. The third kappa shape index (κ3) is 6.53. The molecule has 3 fully saturated rings. The Hall–Kier alpha value is -3.15. The molecule has 3 aliphatic rings. The molecular formula is C31H33F7N2O3. The lowest BCUT2D eigenvalue weighted by Crippen LogP contribution is -2.48. The highest BCUT2D eigenvalue weighted by molar-refractivity contribution is 5.88. The van der Waals surface area contributed by atoms with Gasteiger partial charge >= 0.3 is 12.4 Å². The third-order valence-electron chi connectivity index (χ3n) is 8.91. The van der Waals surface area contributed by atoms with Crippen LogP contribution < -0.4 is 0 Å². The Kier molecular flexibility index (Phi) is 8.07. The van der Waals surface area contributed by atoms with Crippen molar-refractivity contribution >= 4 is 11.8 Å². The lowest BCUT2D eigenvalue weighted by atomic mass is 9.81. The normalized spacial score (nSPS) is 26.5. The summed E-state index contributed by atoms with van der Waals surface area (Å²) in [5, 5.41) is 0. The van der Waals surface area contributed by atoms with E-state index in [1.807, 2.05) is 0 Å². The summed E-state index contributed by atoms with van der Waals surface area (Å²) in [6.07, 6.45) is -10.9. The molecule has 5 nitrogen and oxygen atoms in total. The maximum Gasteiger partial charge on any atom is 0.416 e. The fourth-order valence-corrected chi connectivity index (χ4v) is 6.70. The van der Waals surface area contributed by atoms with Crippen molar-refractivity contribution in [2.45, 2.75) is 76.6 Å². The molecule has 3 aliphatic heterocycles. The first kappa shape index (κ1) is 31.3. The Morgan fingerprint density at radius 1 is 1.00 bits per heavy atom. The molecule has 43 heavy (non-hydrogen) atoms. The molecule has 234 valence electrons. The topological polar surface area (TPSA) is 49.9 Å². The van der Waals surface area contributed by atoms with Crippen LogP contribution in [0.2, 0.25) is 0 Å². The smallest absolute Gasteiger partial charge is 0.368 e. The van der Waals surface area contributed by atoms with Crippen LogP contribution in [0.5, 0.6) is 0 Å². The molecule has 0 aromatic heterocycles. The van der Waals surface area contributed by atoms with Crippen molar-refractivity contribution in [1.82, 2.24) is 9.80 Å². The van der Waals surface area contributed by atoms with Crippen LogP contribution in [0.25, 0.3) is 0 Å². The minimum atomic E-state index is -5.01. The number of fused-ring (bicyclic) bond motifs is 1. The zero-order valence-electron chi connectivity index (χ0n) is 23.9. The van der Waals surface area contributed by atoms with E-state index >= 15 is 0 Å². The zero-order chi connectivity index (χ0) is 31.5. The minimum absolute atomic E-state index is 0.00670. The van der Waals surface area contributed by atoms with Gasteiger partial charge < -0.3 is 14.5 Å². The molecule has 0 radical (unpaired) electrons. The Labute approximate surface area is 245 Å². The number of nitrogens with zero attached hydrogens (tertiary/aromatic N) is 2. The summed E-state index contributed by atoms with van der Waals surface area (Å²) in [4.78, 5) is 30.2. The number of ether oxygens (including phenoxy) is 1. The summed E-state index contributed by atoms with van der Waals surface area (Å²) in [7, 11) is 0. The molecule has 1 unspecified atom stereocenters. The van der Waals surface area contributed by atoms with E-state index in [4.69, 9.17) is 4.74 Å². The molecule has 0 N–H and O–H groups in total. The van der Waals surface area contributed by atoms with Gasteiger partial charge in [0.1, 0.15) is 5.82 Å². The average Bonchev–Trinajstić information content (AvgIpc) is 3.47. The fourth-order valence-electron chi connectivity index (χ4n) is 6.70. The van der Waals surface area contributed by atoms with Gasteiger partial charge in [-0.15, -0.1) is 0 Å². The van der Waals surface area contributed by atoms with Crippen LogP contribution in [0.15, 0.2) is 42.5 Å². The largest absolute Gasteiger partial charge is 0.416 e. The highest BCUT2D eigenvalue weighted by Crippen LogP contribution is 2.45. The first-order chi connectivity index (χ1) is 19.9. The highest BCUT2D eigenvalue weighted by Gasteiger charge is 2.51. The van der Waals surface area contributed by atoms with Crippen LogP contribution in [0.4, 0.5) is 30.7 Å². The summed E-state index contributed by atoms with van der Waals surface area (Å²) in [5.41, 5.74) is -2.66. The van der Waals surface area contributed by atoms with Gasteiger partial charge in [-0.3, -0.25) is 9.59 Å². The molecule has 0 bridgehead atoms. The minimum Gasteiger partial charge on any atom is -0.368 e. The maximum atomic E-state index is 13.8. The molecule has 5 rings (SSSR count). The van der Waals surface area contributed by atoms with E-state index < -0.39 is 59.4 Å². The lowest BCUT2D eigenvalue weighted by molar-refractivity contribution is -0.146. The standard InChI is InChI=1S/C31H33F7N2O3/c1-17(19-10-21(30(33,34)35)14-22(11-19)31(36,37)38)43-25-15-40-24(27(25)18-4-6-23(32)7-5-18)12-20(13-26(40)41)28(42)39-9-8-29(2,3)16-39/h4-7,10-11,14,17,20,24-25,27H,8-9,12-13,15-16H2,1-3H3/t17-,20?,24+,25+,27+/m1/s1. The second-order valence-electron chi connectivity index (χ2n) is 12.7. The predicted molar refractivity (Wildman–Crippen MR) is 142 cm³/mol. The number of halogens is 7. The molecule has 2 aromatic rings. The van der Waals surface area contributed by atoms with E-state index in [9.17, 15) is 40.3 Å². The van der Waals surface area contributed by atoms with Gasteiger partial charge in [-0.05, 0) is 66.6 Å². The number of hydrogen-bond donors (Lipinski definition) is 0. The lowest BCUT2D eigenvalue weighted by Gasteiger charge is -2.37. The van der Waals surface area contributed by atoms with Crippen molar-refractivity contribution in [1.29, 1.82) is 0 Å². The molecule has 2 aromatic carbocycles. The molecule has 0 aliphatic carbocycles. The maximum absolute atomic E-state index is 13.8. The Morgan fingerprint density at radius 3 is 2.14 bits per heavy atom. The van der Waals surface area contributed by atoms with Crippen molar-refractivity contribution in [3.05, 3.63) is 70.5 Å². The van der Waals surface area contributed by atoms with Gasteiger partial charge in [0.15, 0.2) is 0 Å². The number of piperidine rings is 1. The summed E-state index contributed by atoms with van der Waals surface area (Å²) >= 11 is 0. The number of benzene rings is 2. The van der Waals surface area contributed by atoms with E-state index in [2.05, 4.69) is 13.8 Å². The van der Waals surface area contributed by atoms with Crippen molar-refractivity contribution in [3.8, 4) is 0 Å². The molecule has 0 saturated carbocycles. The summed E-state index contributed by atoms with van der Waals surface area (Å²) in [6, 6.07) is 6.32.